The molecule has 25 heavy (non-hydrogen) atoms. The second kappa shape index (κ2) is 6.90. The molecule has 0 N–H and O–H groups in total. The van der Waals surface area contributed by atoms with Crippen LogP contribution in [0.15, 0.2) is 23.0 Å². The van der Waals surface area contributed by atoms with Crippen LogP contribution < -0.4 is 0 Å². The number of ether oxygens (including phenoxy) is 2. The van der Waals surface area contributed by atoms with Gasteiger partial charge in [0.05, 0.1) is 29.0 Å². The first-order valence-corrected chi connectivity index (χ1v) is 10.00. The number of rotatable bonds is 5. The Hall–Kier alpha value is -1.09. The predicted octanol–water partition coefficient (Wildman–Crippen LogP) is 5.49. The molecule has 0 bridgehead atoms. The van der Waals surface area contributed by atoms with E-state index < -0.39 is 0 Å². The molecule has 3 heteroatoms. The smallest absolute Gasteiger partial charge is 0.146 e. The van der Waals surface area contributed by atoms with Gasteiger partial charge in [-0.25, -0.2) is 0 Å². The van der Waals surface area contributed by atoms with Gasteiger partial charge in [-0.1, -0.05) is 6.08 Å². The fourth-order valence-corrected chi connectivity index (χ4v) is 4.66. The number of carbonyl (C=O) groups excluding carboxylic acids is 1. The standard InChI is InChI=1S/C22H34O3/c1-15(25-21(2,3)4)7-6-8-16-9-10-17-18-11-12-20(23)22(18,5)14-13-19(17)24-16/h11,15-16H,6-10,12-14H2,1-5H3/t15?,16?,22-/m0/s1. The molecule has 3 nitrogen and oxygen atoms in total. The molecule has 3 atom stereocenters. The summed E-state index contributed by atoms with van der Waals surface area (Å²) in [5.74, 6) is 1.57. The number of carbonyl (C=O) groups is 1. The van der Waals surface area contributed by atoms with E-state index in [0.717, 1.165) is 44.9 Å². The second-order valence-corrected chi connectivity index (χ2v) is 9.23. The van der Waals surface area contributed by atoms with E-state index in [-0.39, 0.29) is 11.0 Å². The van der Waals surface area contributed by atoms with E-state index in [2.05, 4.69) is 40.7 Å². The van der Waals surface area contributed by atoms with E-state index in [9.17, 15) is 4.79 Å². The van der Waals surface area contributed by atoms with Gasteiger partial charge in [-0.3, -0.25) is 4.79 Å². The van der Waals surface area contributed by atoms with Crippen molar-refractivity contribution in [1.29, 1.82) is 0 Å². The van der Waals surface area contributed by atoms with E-state index in [1.807, 2.05) is 0 Å². The summed E-state index contributed by atoms with van der Waals surface area (Å²) in [6.07, 6.45) is 10.7. The Balaban J connectivity index is 1.52. The Kier molecular flexibility index (Phi) is 5.16. The quantitative estimate of drug-likeness (QED) is 0.660. The third-order valence-corrected chi connectivity index (χ3v) is 5.93. The molecular formula is C22H34O3. The zero-order valence-corrected chi connectivity index (χ0v) is 16.6. The molecule has 0 amide bonds. The van der Waals surface area contributed by atoms with E-state index in [1.54, 1.807) is 0 Å². The van der Waals surface area contributed by atoms with Crippen molar-refractivity contribution in [1.82, 2.24) is 0 Å². The summed E-state index contributed by atoms with van der Waals surface area (Å²) < 4.78 is 12.3. The lowest BCUT2D eigenvalue weighted by Gasteiger charge is -2.39. The van der Waals surface area contributed by atoms with Gasteiger partial charge in [-0.15, -0.1) is 0 Å². The first-order chi connectivity index (χ1) is 11.7. The Bertz CT molecular complexity index is 593. The summed E-state index contributed by atoms with van der Waals surface area (Å²) in [6, 6.07) is 0. The van der Waals surface area contributed by atoms with Crippen molar-refractivity contribution in [3.63, 3.8) is 0 Å². The van der Waals surface area contributed by atoms with Crippen molar-refractivity contribution in [2.75, 3.05) is 0 Å². The highest BCUT2D eigenvalue weighted by Crippen LogP contribution is 2.51. The van der Waals surface area contributed by atoms with Crippen LogP contribution in [0.3, 0.4) is 0 Å². The molecule has 2 unspecified atom stereocenters. The van der Waals surface area contributed by atoms with Crippen LogP contribution in [0.5, 0.6) is 0 Å². The minimum absolute atomic E-state index is 0.0678. The van der Waals surface area contributed by atoms with Crippen LogP contribution in [0.2, 0.25) is 0 Å². The third kappa shape index (κ3) is 4.02. The summed E-state index contributed by atoms with van der Waals surface area (Å²) in [5, 5.41) is 0. The Morgan fingerprint density at radius 2 is 2.12 bits per heavy atom. The van der Waals surface area contributed by atoms with Crippen LogP contribution in [0.25, 0.3) is 0 Å². The van der Waals surface area contributed by atoms with Crippen LogP contribution in [-0.2, 0) is 14.3 Å². The molecule has 0 radical (unpaired) electrons. The van der Waals surface area contributed by atoms with Crippen LogP contribution in [0.4, 0.5) is 0 Å². The van der Waals surface area contributed by atoms with Gasteiger partial charge in [-0.05, 0) is 84.3 Å². The zero-order chi connectivity index (χ0) is 18.2. The van der Waals surface area contributed by atoms with Gasteiger partial charge in [0, 0.05) is 12.8 Å². The average Bonchev–Trinajstić information content (AvgIpc) is 2.81. The van der Waals surface area contributed by atoms with E-state index in [1.165, 1.54) is 16.9 Å². The summed E-state index contributed by atoms with van der Waals surface area (Å²) in [5.41, 5.74) is 2.33. The van der Waals surface area contributed by atoms with Crippen molar-refractivity contribution in [2.45, 2.75) is 104 Å². The molecule has 1 heterocycles. The zero-order valence-electron chi connectivity index (χ0n) is 16.6. The molecule has 0 aromatic carbocycles. The third-order valence-electron chi connectivity index (χ3n) is 5.93. The first kappa shape index (κ1) is 18.7. The molecule has 0 fully saturated rings. The second-order valence-electron chi connectivity index (χ2n) is 9.23. The molecular weight excluding hydrogens is 312 g/mol. The Morgan fingerprint density at radius 1 is 1.36 bits per heavy atom. The van der Waals surface area contributed by atoms with Crippen molar-refractivity contribution in [2.24, 2.45) is 5.41 Å². The lowest BCUT2D eigenvalue weighted by molar-refractivity contribution is -0.124. The summed E-state index contributed by atoms with van der Waals surface area (Å²) in [6.45, 7) is 10.6. The molecule has 2 aliphatic carbocycles. The molecule has 3 aliphatic rings. The van der Waals surface area contributed by atoms with Crippen molar-refractivity contribution < 1.29 is 14.3 Å². The highest BCUT2D eigenvalue weighted by molar-refractivity contribution is 5.93. The Labute approximate surface area is 152 Å². The minimum Gasteiger partial charge on any atom is -0.494 e. The number of allylic oxidation sites excluding steroid dienone is 4. The highest BCUT2D eigenvalue weighted by Gasteiger charge is 2.46. The summed E-state index contributed by atoms with van der Waals surface area (Å²) in [4.78, 5) is 12.2. The maximum Gasteiger partial charge on any atom is 0.146 e. The van der Waals surface area contributed by atoms with Crippen LogP contribution >= 0.6 is 0 Å². The number of fused-ring (bicyclic) bond motifs is 2. The van der Waals surface area contributed by atoms with E-state index in [0.29, 0.717) is 24.4 Å². The van der Waals surface area contributed by atoms with Gasteiger partial charge in [0.15, 0.2) is 0 Å². The van der Waals surface area contributed by atoms with Crippen LogP contribution in [0.1, 0.15) is 86.0 Å². The van der Waals surface area contributed by atoms with Crippen LogP contribution in [0, 0.1) is 5.41 Å². The number of hydrogen-bond donors (Lipinski definition) is 0. The van der Waals surface area contributed by atoms with E-state index >= 15 is 0 Å². The Morgan fingerprint density at radius 3 is 2.84 bits per heavy atom. The van der Waals surface area contributed by atoms with Gasteiger partial charge in [0.2, 0.25) is 0 Å². The molecule has 0 aromatic rings. The highest BCUT2D eigenvalue weighted by atomic mass is 16.5. The number of hydrogen-bond acceptors (Lipinski definition) is 3. The molecule has 140 valence electrons. The molecule has 0 saturated heterocycles. The molecule has 0 spiro atoms. The number of ketones is 1. The first-order valence-electron chi connectivity index (χ1n) is 10.00. The maximum atomic E-state index is 12.2. The summed E-state index contributed by atoms with van der Waals surface area (Å²) in [7, 11) is 0. The predicted molar refractivity (Wildman–Crippen MR) is 100 cm³/mol. The lowest BCUT2D eigenvalue weighted by atomic mass is 9.70. The van der Waals surface area contributed by atoms with E-state index in [4.69, 9.17) is 9.47 Å². The largest absolute Gasteiger partial charge is 0.494 e. The maximum absolute atomic E-state index is 12.2. The fraction of sp³-hybridized carbons (Fsp3) is 0.773. The SMILES string of the molecule is CC(CCCC1CCC2=C(CC[C@]3(C)C(=O)CC=C23)O1)OC(C)(C)C. The van der Waals surface area contributed by atoms with Crippen molar-refractivity contribution >= 4 is 5.78 Å². The lowest BCUT2D eigenvalue weighted by Crippen LogP contribution is -2.33. The summed E-state index contributed by atoms with van der Waals surface area (Å²) >= 11 is 0. The monoisotopic (exact) mass is 346 g/mol. The van der Waals surface area contributed by atoms with Gasteiger partial charge in [0.1, 0.15) is 5.78 Å². The van der Waals surface area contributed by atoms with Crippen molar-refractivity contribution in [3.8, 4) is 0 Å². The fourth-order valence-electron chi connectivity index (χ4n) is 4.66. The molecule has 3 rings (SSSR count). The average molecular weight is 347 g/mol. The van der Waals surface area contributed by atoms with Gasteiger partial charge >= 0.3 is 0 Å². The van der Waals surface area contributed by atoms with Gasteiger partial charge in [0.25, 0.3) is 0 Å². The molecule has 1 aliphatic heterocycles. The molecule has 0 saturated carbocycles. The number of Topliss-reactive ketones (excluding diaryl/α,β-unsaturated/α-hetero) is 1. The normalized spacial score (nSPS) is 30.5. The van der Waals surface area contributed by atoms with Crippen molar-refractivity contribution in [3.05, 3.63) is 23.0 Å². The minimum atomic E-state index is -0.227. The van der Waals surface area contributed by atoms with Crippen LogP contribution in [-0.4, -0.2) is 23.6 Å². The van der Waals surface area contributed by atoms with Gasteiger partial charge in [-0.2, -0.15) is 0 Å². The topological polar surface area (TPSA) is 35.5 Å². The molecule has 0 aromatic heterocycles. The van der Waals surface area contributed by atoms with Gasteiger partial charge < -0.3 is 9.47 Å².